The Bertz CT molecular complexity index is 1510. The minimum atomic E-state index is -0.757. The van der Waals surface area contributed by atoms with E-state index in [1.807, 2.05) is 49.4 Å². The molecule has 0 radical (unpaired) electrons. The van der Waals surface area contributed by atoms with Gasteiger partial charge in [0.2, 0.25) is 0 Å². The van der Waals surface area contributed by atoms with Gasteiger partial charge in [-0.1, -0.05) is 12.1 Å². The number of rotatable bonds is 10. The molecule has 2 heterocycles. The summed E-state index contributed by atoms with van der Waals surface area (Å²) in [4.78, 5) is 36.7. The number of nitrogens with zero attached hydrogens (tertiary/aromatic N) is 2. The number of hydrogen-bond donors (Lipinski definition) is 1. The van der Waals surface area contributed by atoms with Crippen molar-refractivity contribution in [1.82, 2.24) is 4.98 Å². The minimum Gasteiger partial charge on any atom is -0.493 e. The number of carbonyl (C=O) groups is 2. The average molecular weight is 578 g/mol. The Hall–Kier alpha value is -4.18. The Kier molecular flexibility index (Phi) is 9.44. The molecule has 3 aromatic rings. The van der Waals surface area contributed by atoms with E-state index in [4.69, 9.17) is 23.9 Å². The molecule has 0 fully saturated rings. The second kappa shape index (κ2) is 13.0. The number of carbonyl (C=O) groups excluding carboxylic acids is 2. The molecule has 1 aliphatic heterocycles. The van der Waals surface area contributed by atoms with E-state index in [-0.39, 0.29) is 13.2 Å². The summed E-state index contributed by atoms with van der Waals surface area (Å²) in [7, 11) is 3.21. The van der Waals surface area contributed by atoms with E-state index in [0.29, 0.717) is 33.6 Å². The van der Waals surface area contributed by atoms with E-state index in [0.717, 1.165) is 27.4 Å². The quantitative estimate of drug-likeness (QED) is 0.274. The van der Waals surface area contributed by atoms with E-state index in [9.17, 15) is 9.59 Å². The molecule has 0 saturated carbocycles. The molecule has 2 aromatic carbocycles. The van der Waals surface area contributed by atoms with Crippen molar-refractivity contribution in [2.24, 2.45) is 10.9 Å². The maximum atomic E-state index is 13.1. The van der Waals surface area contributed by atoms with Crippen molar-refractivity contribution in [3.05, 3.63) is 64.2 Å². The lowest BCUT2D eigenvalue weighted by Crippen LogP contribution is -2.36. The molecule has 2 atom stereocenters. The molecular weight excluding hydrogens is 542 g/mol. The van der Waals surface area contributed by atoms with Crippen molar-refractivity contribution in [3.63, 3.8) is 0 Å². The van der Waals surface area contributed by atoms with Gasteiger partial charge in [0.05, 0.1) is 38.7 Å². The Morgan fingerprint density at radius 1 is 0.951 bits per heavy atom. The SMILES string of the molecule is CCOC(=O)C1=C(C)N=C(C)C(C(=O)OCC)C1c1cccc(Nc2nc(-c3ccc(OC)c(OC)c3)c(C)s2)c1. The summed E-state index contributed by atoms with van der Waals surface area (Å²) >= 11 is 1.52. The number of allylic oxidation sites excluding steroid dienone is 1. The number of nitrogens with one attached hydrogen (secondary N) is 1. The van der Waals surface area contributed by atoms with Gasteiger partial charge >= 0.3 is 11.9 Å². The van der Waals surface area contributed by atoms with Crippen LogP contribution in [0.5, 0.6) is 11.5 Å². The van der Waals surface area contributed by atoms with Crippen LogP contribution in [-0.2, 0) is 19.1 Å². The normalized spacial score (nSPS) is 16.6. The fraction of sp³-hybridized carbons (Fsp3) is 0.355. The lowest BCUT2D eigenvalue weighted by atomic mass is 9.75. The van der Waals surface area contributed by atoms with Gasteiger partial charge in [0.1, 0.15) is 5.92 Å². The molecule has 1 aromatic heterocycles. The summed E-state index contributed by atoms with van der Waals surface area (Å²) in [6.45, 7) is 9.50. The minimum absolute atomic E-state index is 0.211. The molecule has 216 valence electrons. The number of benzene rings is 2. The van der Waals surface area contributed by atoms with Crippen molar-refractivity contribution >= 4 is 39.8 Å². The maximum absolute atomic E-state index is 13.1. The number of thiazole rings is 1. The summed E-state index contributed by atoms with van der Waals surface area (Å²) in [5, 5.41) is 4.10. The van der Waals surface area contributed by atoms with Crippen LogP contribution >= 0.6 is 11.3 Å². The van der Waals surface area contributed by atoms with Crippen LogP contribution in [0.2, 0.25) is 0 Å². The predicted molar refractivity (Wildman–Crippen MR) is 160 cm³/mol. The highest BCUT2D eigenvalue weighted by atomic mass is 32.1. The number of methoxy groups -OCH3 is 2. The van der Waals surface area contributed by atoms with E-state index >= 15 is 0 Å². The molecule has 4 rings (SSSR count). The second-order valence-corrected chi connectivity index (χ2v) is 10.6. The number of aliphatic imine (C=N–C) groups is 1. The van der Waals surface area contributed by atoms with Crippen LogP contribution in [0.25, 0.3) is 11.3 Å². The standard InChI is InChI=1S/C31H35N3O6S/c1-8-39-29(35)25-17(3)32-18(4)26(30(36)40-9-2)27(25)20-11-10-12-22(15-20)33-31-34-28(19(5)41-31)21-13-14-23(37-6)24(16-21)38-7/h10-16,25,27H,8-9H2,1-7H3,(H,33,34). The fourth-order valence-corrected chi connectivity index (χ4v) is 5.90. The van der Waals surface area contributed by atoms with Gasteiger partial charge in [-0.15, -0.1) is 11.3 Å². The summed E-state index contributed by atoms with van der Waals surface area (Å²) in [6, 6.07) is 13.3. The third-order valence-corrected chi connectivity index (χ3v) is 7.70. The van der Waals surface area contributed by atoms with Crippen LogP contribution in [0.3, 0.4) is 0 Å². The molecule has 9 nitrogen and oxygen atoms in total. The fourth-order valence-electron chi connectivity index (χ4n) is 5.04. The molecule has 0 bridgehead atoms. The second-order valence-electron chi connectivity index (χ2n) is 9.42. The van der Waals surface area contributed by atoms with Crippen LogP contribution in [0, 0.1) is 12.8 Å². The monoisotopic (exact) mass is 577 g/mol. The zero-order chi connectivity index (χ0) is 29.7. The first-order chi connectivity index (χ1) is 19.7. The van der Waals surface area contributed by atoms with Gasteiger partial charge in [0, 0.05) is 33.5 Å². The molecule has 1 N–H and O–H groups in total. The van der Waals surface area contributed by atoms with Gasteiger partial charge in [-0.3, -0.25) is 9.79 Å². The molecule has 10 heteroatoms. The first-order valence-electron chi connectivity index (χ1n) is 13.4. The van der Waals surface area contributed by atoms with E-state index in [1.54, 1.807) is 41.9 Å². The van der Waals surface area contributed by atoms with Crippen LogP contribution in [0.15, 0.2) is 58.7 Å². The highest BCUT2D eigenvalue weighted by Crippen LogP contribution is 2.42. The molecule has 0 amide bonds. The number of aromatic nitrogens is 1. The third kappa shape index (κ3) is 6.27. The van der Waals surface area contributed by atoms with E-state index < -0.39 is 23.8 Å². The van der Waals surface area contributed by atoms with Gasteiger partial charge in [0.25, 0.3) is 0 Å². The van der Waals surface area contributed by atoms with Crippen LogP contribution in [-0.4, -0.2) is 50.1 Å². The highest BCUT2D eigenvalue weighted by molar-refractivity contribution is 7.16. The van der Waals surface area contributed by atoms with Crippen molar-refractivity contribution in [2.75, 3.05) is 32.8 Å². The van der Waals surface area contributed by atoms with Gasteiger partial charge < -0.3 is 24.3 Å². The summed E-state index contributed by atoms with van der Waals surface area (Å²) in [6.07, 6.45) is 0. The first-order valence-corrected chi connectivity index (χ1v) is 14.2. The van der Waals surface area contributed by atoms with Crippen LogP contribution in [0.1, 0.15) is 44.1 Å². The van der Waals surface area contributed by atoms with E-state index in [2.05, 4.69) is 10.3 Å². The van der Waals surface area contributed by atoms with Gasteiger partial charge in [-0.25, -0.2) is 9.78 Å². The lowest BCUT2D eigenvalue weighted by molar-refractivity contribution is -0.146. The Morgan fingerprint density at radius 2 is 1.68 bits per heavy atom. The maximum Gasteiger partial charge on any atom is 0.336 e. The number of ether oxygens (including phenoxy) is 4. The van der Waals surface area contributed by atoms with Crippen molar-refractivity contribution in [2.45, 2.75) is 40.5 Å². The first kappa shape index (κ1) is 29.8. The smallest absolute Gasteiger partial charge is 0.336 e. The molecule has 0 saturated heterocycles. The van der Waals surface area contributed by atoms with Crippen LogP contribution < -0.4 is 14.8 Å². The summed E-state index contributed by atoms with van der Waals surface area (Å²) in [5.41, 5.74) is 4.74. The van der Waals surface area contributed by atoms with Crippen LogP contribution in [0.4, 0.5) is 10.8 Å². The third-order valence-electron chi connectivity index (χ3n) is 6.81. The lowest BCUT2D eigenvalue weighted by Gasteiger charge is -2.31. The Balaban J connectivity index is 1.70. The average Bonchev–Trinajstić information content (AvgIpc) is 3.31. The predicted octanol–water partition coefficient (Wildman–Crippen LogP) is 6.45. The van der Waals surface area contributed by atoms with E-state index in [1.165, 1.54) is 11.3 Å². The zero-order valence-electron chi connectivity index (χ0n) is 24.4. The summed E-state index contributed by atoms with van der Waals surface area (Å²) < 4.78 is 21.6. The zero-order valence-corrected chi connectivity index (χ0v) is 25.2. The van der Waals surface area contributed by atoms with Crippen molar-refractivity contribution in [3.8, 4) is 22.8 Å². The molecule has 41 heavy (non-hydrogen) atoms. The topological polar surface area (TPSA) is 108 Å². The largest absolute Gasteiger partial charge is 0.493 e. The number of aryl methyl sites for hydroxylation is 1. The molecule has 0 aliphatic carbocycles. The Labute approximate surface area is 244 Å². The molecule has 0 spiro atoms. The van der Waals surface area contributed by atoms with Crippen molar-refractivity contribution < 1.29 is 28.5 Å². The number of esters is 2. The number of hydrogen-bond acceptors (Lipinski definition) is 10. The summed E-state index contributed by atoms with van der Waals surface area (Å²) in [5.74, 6) is -1.02. The highest BCUT2D eigenvalue weighted by Gasteiger charge is 2.42. The molecular formula is C31H35N3O6S. The molecule has 1 aliphatic rings. The van der Waals surface area contributed by atoms with Gasteiger partial charge in [-0.05, 0) is 70.5 Å². The van der Waals surface area contributed by atoms with Gasteiger partial charge in [0.15, 0.2) is 16.6 Å². The van der Waals surface area contributed by atoms with Gasteiger partial charge in [-0.2, -0.15) is 0 Å². The number of anilines is 2. The Morgan fingerprint density at radius 3 is 2.37 bits per heavy atom. The molecule has 2 unspecified atom stereocenters. The van der Waals surface area contributed by atoms with Crippen molar-refractivity contribution in [1.29, 1.82) is 0 Å².